The van der Waals surface area contributed by atoms with Crippen LogP contribution < -0.4 is 4.74 Å². The van der Waals surface area contributed by atoms with Gasteiger partial charge in [0, 0.05) is 32.9 Å². The molecule has 1 aliphatic rings. The van der Waals surface area contributed by atoms with Crippen molar-refractivity contribution in [2.24, 2.45) is 5.92 Å². The molecule has 0 unspecified atom stereocenters. The molecule has 6 nitrogen and oxygen atoms in total. The number of piperidine rings is 1. The number of carbonyl (C=O) groups excluding carboxylic acids is 1. The summed E-state index contributed by atoms with van der Waals surface area (Å²) in [5.41, 5.74) is 2.60. The third-order valence-corrected chi connectivity index (χ3v) is 5.70. The zero-order valence-corrected chi connectivity index (χ0v) is 18.0. The lowest BCUT2D eigenvalue weighted by Crippen LogP contribution is -2.42. The minimum atomic E-state index is 0.00800. The fourth-order valence-electron chi connectivity index (χ4n) is 4.16. The van der Waals surface area contributed by atoms with Gasteiger partial charge < -0.3 is 14.5 Å². The van der Waals surface area contributed by atoms with Crippen molar-refractivity contribution in [3.8, 4) is 5.75 Å². The standard InChI is InChI=1S/C23H32N4O2/c1-17-21(14-24-18(2)25-17)23(28)26(3)15-19-8-7-12-27(16-19)13-11-20-9-5-6-10-22(20)29-4/h5-6,9-10,14,19H,7-8,11-13,15-16H2,1-4H3/t19-/m0/s1. The molecule has 1 fully saturated rings. The van der Waals surface area contributed by atoms with Crippen LogP contribution >= 0.6 is 0 Å². The molecule has 1 aromatic carbocycles. The zero-order valence-electron chi connectivity index (χ0n) is 18.0. The Balaban J connectivity index is 1.54. The molecule has 1 saturated heterocycles. The predicted molar refractivity (Wildman–Crippen MR) is 114 cm³/mol. The second-order valence-electron chi connectivity index (χ2n) is 7.97. The smallest absolute Gasteiger partial charge is 0.257 e. The number of carbonyl (C=O) groups is 1. The number of para-hydroxylation sites is 1. The summed E-state index contributed by atoms with van der Waals surface area (Å²) in [5, 5.41) is 0. The first-order valence-electron chi connectivity index (χ1n) is 10.4. The molecular formula is C23H32N4O2. The minimum Gasteiger partial charge on any atom is -0.496 e. The molecule has 3 rings (SSSR count). The van der Waals surface area contributed by atoms with Crippen molar-refractivity contribution in [3.05, 3.63) is 53.1 Å². The molecule has 156 valence electrons. The van der Waals surface area contributed by atoms with Gasteiger partial charge in [-0.2, -0.15) is 0 Å². The molecule has 6 heteroatoms. The number of benzene rings is 1. The van der Waals surface area contributed by atoms with Crippen LogP contribution in [0.5, 0.6) is 5.75 Å². The van der Waals surface area contributed by atoms with Gasteiger partial charge in [0.1, 0.15) is 11.6 Å². The number of hydrogen-bond acceptors (Lipinski definition) is 5. The third kappa shape index (κ3) is 5.54. The van der Waals surface area contributed by atoms with Crippen LogP contribution in [0.3, 0.4) is 0 Å². The fraction of sp³-hybridized carbons (Fsp3) is 0.522. The first-order valence-corrected chi connectivity index (χ1v) is 10.4. The van der Waals surface area contributed by atoms with Crippen molar-refractivity contribution in [1.29, 1.82) is 0 Å². The average Bonchev–Trinajstić information content (AvgIpc) is 2.72. The van der Waals surface area contributed by atoms with E-state index < -0.39 is 0 Å². The Morgan fingerprint density at radius 3 is 2.86 bits per heavy atom. The maximum Gasteiger partial charge on any atom is 0.257 e. The van der Waals surface area contributed by atoms with Crippen LogP contribution in [-0.2, 0) is 6.42 Å². The summed E-state index contributed by atoms with van der Waals surface area (Å²) in [4.78, 5) is 25.7. The lowest BCUT2D eigenvalue weighted by Gasteiger charge is -2.35. The Morgan fingerprint density at radius 2 is 2.10 bits per heavy atom. The average molecular weight is 397 g/mol. The lowest BCUT2D eigenvalue weighted by molar-refractivity contribution is 0.0728. The van der Waals surface area contributed by atoms with Gasteiger partial charge in [0.2, 0.25) is 0 Å². The predicted octanol–water partition coefficient (Wildman–Crippen LogP) is 3.13. The van der Waals surface area contributed by atoms with Crippen molar-refractivity contribution in [2.45, 2.75) is 33.1 Å². The summed E-state index contributed by atoms with van der Waals surface area (Å²) >= 11 is 0. The highest BCUT2D eigenvalue weighted by atomic mass is 16.5. The van der Waals surface area contributed by atoms with E-state index >= 15 is 0 Å². The van der Waals surface area contributed by atoms with Crippen molar-refractivity contribution < 1.29 is 9.53 Å². The number of likely N-dealkylation sites (tertiary alicyclic amines) is 1. The van der Waals surface area contributed by atoms with Crippen LogP contribution in [0.1, 0.15) is 40.3 Å². The van der Waals surface area contributed by atoms with E-state index in [1.165, 1.54) is 12.0 Å². The largest absolute Gasteiger partial charge is 0.496 e. The van der Waals surface area contributed by atoms with Crippen molar-refractivity contribution >= 4 is 5.91 Å². The van der Waals surface area contributed by atoms with Gasteiger partial charge in [-0.1, -0.05) is 18.2 Å². The highest BCUT2D eigenvalue weighted by molar-refractivity contribution is 5.94. The molecule has 1 atom stereocenters. The minimum absolute atomic E-state index is 0.00800. The molecule has 1 aromatic heterocycles. The second kappa shape index (κ2) is 9.83. The zero-order chi connectivity index (χ0) is 20.8. The molecule has 1 aliphatic heterocycles. The van der Waals surface area contributed by atoms with Crippen LogP contribution in [0.2, 0.25) is 0 Å². The van der Waals surface area contributed by atoms with Gasteiger partial charge in [-0.15, -0.1) is 0 Å². The number of nitrogens with zero attached hydrogens (tertiary/aromatic N) is 4. The summed E-state index contributed by atoms with van der Waals surface area (Å²) in [5.74, 6) is 2.15. The third-order valence-electron chi connectivity index (χ3n) is 5.70. The normalized spacial score (nSPS) is 17.2. The Morgan fingerprint density at radius 1 is 1.31 bits per heavy atom. The maximum absolute atomic E-state index is 12.8. The van der Waals surface area contributed by atoms with Gasteiger partial charge in [0.05, 0.1) is 18.4 Å². The van der Waals surface area contributed by atoms with Crippen molar-refractivity contribution in [2.75, 3.05) is 40.3 Å². The molecule has 0 saturated carbocycles. The van der Waals surface area contributed by atoms with E-state index in [1.807, 2.05) is 37.9 Å². The summed E-state index contributed by atoms with van der Waals surface area (Å²) < 4.78 is 5.47. The summed E-state index contributed by atoms with van der Waals surface area (Å²) in [7, 11) is 3.61. The number of methoxy groups -OCH3 is 1. The van der Waals surface area contributed by atoms with Crippen LogP contribution in [0.15, 0.2) is 30.5 Å². The number of amides is 1. The quantitative estimate of drug-likeness (QED) is 0.720. The first-order chi connectivity index (χ1) is 14.0. The van der Waals surface area contributed by atoms with Crippen LogP contribution in [0.4, 0.5) is 0 Å². The fourth-order valence-corrected chi connectivity index (χ4v) is 4.16. The highest BCUT2D eigenvalue weighted by Gasteiger charge is 2.24. The van der Waals surface area contributed by atoms with Gasteiger partial charge in [-0.3, -0.25) is 4.79 Å². The Kier molecular flexibility index (Phi) is 7.20. The SMILES string of the molecule is COc1ccccc1CCN1CCC[C@@H](CN(C)C(=O)c2cnc(C)nc2C)C1. The summed E-state index contributed by atoms with van der Waals surface area (Å²) in [6.45, 7) is 7.63. The second-order valence-corrected chi connectivity index (χ2v) is 7.97. The van der Waals surface area contributed by atoms with Gasteiger partial charge in [-0.25, -0.2) is 9.97 Å². The molecule has 0 N–H and O–H groups in total. The van der Waals surface area contributed by atoms with E-state index in [0.29, 0.717) is 17.3 Å². The van der Waals surface area contributed by atoms with Gasteiger partial charge in [0.25, 0.3) is 5.91 Å². The molecule has 0 bridgehead atoms. The highest BCUT2D eigenvalue weighted by Crippen LogP contribution is 2.21. The first kappa shape index (κ1) is 21.2. The van der Waals surface area contributed by atoms with E-state index in [9.17, 15) is 4.79 Å². The molecule has 29 heavy (non-hydrogen) atoms. The maximum atomic E-state index is 12.8. The number of aromatic nitrogens is 2. The van der Waals surface area contributed by atoms with E-state index in [0.717, 1.165) is 50.5 Å². The molecule has 0 spiro atoms. The van der Waals surface area contributed by atoms with Gasteiger partial charge in [-0.05, 0) is 57.2 Å². The van der Waals surface area contributed by atoms with Crippen LogP contribution in [0.25, 0.3) is 0 Å². The monoisotopic (exact) mass is 396 g/mol. The number of ether oxygens (including phenoxy) is 1. The summed E-state index contributed by atoms with van der Waals surface area (Å²) in [6.07, 6.45) is 4.96. The molecular weight excluding hydrogens is 364 g/mol. The van der Waals surface area contributed by atoms with Crippen LogP contribution in [0, 0.1) is 19.8 Å². The topological polar surface area (TPSA) is 58.6 Å². The van der Waals surface area contributed by atoms with E-state index in [4.69, 9.17) is 4.74 Å². The lowest BCUT2D eigenvalue weighted by atomic mass is 9.96. The number of rotatable bonds is 7. The molecule has 2 aromatic rings. The molecule has 0 radical (unpaired) electrons. The Bertz CT molecular complexity index is 839. The van der Waals surface area contributed by atoms with Gasteiger partial charge in [0.15, 0.2) is 0 Å². The Hall–Kier alpha value is -2.47. The van der Waals surface area contributed by atoms with Gasteiger partial charge >= 0.3 is 0 Å². The van der Waals surface area contributed by atoms with Crippen molar-refractivity contribution in [1.82, 2.24) is 19.8 Å². The summed E-state index contributed by atoms with van der Waals surface area (Å²) in [6, 6.07) is 8.23. The molecule has 2 heterocycles. The number of aryl methyl sites for hydroxylation is 2. The molecule has 0 aliphatic carbocycles. The van der Waals surface area contributed by atoms with Crippen molar-refractivity contribution in [3.63, 3.8) is 0 Å². The van der Waals surface area contributed by atoms with E-state index in [1.54, 1.807) is 13.3 Å². The Labute approximate surface area is 173 Å². The van der Waals surface area contributed by atoms with E-state index in [2.05, 4.69) is 27.0 Å². The van der Waals surface area contributed by atoms with E-state index in [-0.39, 0.29) is 5.91 Å². The van der Waals surface area contributed by atoms with Crippen LogP contribution in [-0.4, -0.2) is 66.0 Å². The molecule has 1 amide bonds. The number of hydrogen-bond donors (Lipinski definition) is 0.